The van der Waals surface area contributed by atoms with E-state index in [9.17, 15) is 0 Å². The first-order valence-electron chi connectivity index (χ1n) is 9.32. The minimum atomic E-state index is 0.879. The van der Waals surface area contributed by atoms with Crippen LogP contribution in [0.25, 0.3) is 28.1 Å². The van der Waals surface area contributed by atoms with Gasteiger partial charge in [-0.2, -0.15) is 0 Å². The van der Waals surface area contributed by atoms with Crippen LogP contribution in [0, 0.1) is 0 Å². The number of imidazole rings is 1. The molecule has 0 aliphatic rings. The van der Waals surface area contributed by atoms with Gasteiger partial charge in [0.25, 0.3) is 0 Å². The van der Waals surface area contributed by atoms with E-state index in [0.29, 0.717) is 0 Å². The normalized spacial score (nSPS) is 10.2. The van der Waals surface area contributed by atoms with Crippen LogP contribution in [-0.2, 0) is 7.05 Å². The molecule has 4 aromatic rings. The molecule has 0 bridgehead atoms. The molecule has 29 heavy (non-hydrogen) atoms. The fraction of sp³-hybridized carbons (Fsp3) is 0.174. The lowest BCUT2D eigenvalue weighted by molar-refractivity contribution is 0.921. The van der Waals surface area contributed by atoms with Crippen LogP contribution in [0.4, 0.5) is 11.6 Å². The third-order valence-electron chi connectivity index (χ3n) is 4.55. The summed E-state index contributed by atoms with van der Waals surface area (Å²) >= 11 is 0. The number of rotatable bonds is 4. The van der Waals surface area contributed by atoms with Gasteiger partial charge in [0.05, 0.1) is 18.2 Å². The number of fused-ring (bicyclic) bond motifs is 1. The van der Waals surface area contributed by atoms with E-state index in [0.717, 1.165) is 33.8 Å². The topological polar surface area (TPSA) is 58.9 Å². The lowest BCUT2D eigenvalue weighted by Gasteiger charge is -2.10. The van der Waals surface area contributed by atoms with Gasteiger partial charge in [-0.3, -0.25) is 0 Å². The molecule has 0 fully saturated rings. The number of nitrogens with zero attached hydrogens (tertiary/aromatic N) is 5. The van der Waals surface area contributed by atoms with Crippen LogP contribution < -0.4 is 10.2 Å². The van der Waals surface area contributed by atoms with Crippen molar-refractivity contribution < 1.29 is 0 Å². The first-order chi connectivity index (χ1) is 14.0. The number of aryl methyl sites for hydroxylation is 1. The van der Waals surface area contributed by atoms with Crippen LogP contribution in [0.1, 0.15) is 5.56 Å². The molecule has 1 aromatic carbocycles. The van der Waals surface area contributed by atoms with Crippen LogP contribution in [0.3, 0.4) is 0 Å². The number of aromatic nitrogens is 4. The first kappa shape index (κ1) is 20.1. The lowest BCUT2D eigenvalue weighted by atomic mass is 10.1. The second kappa shape index (κ2) is 9.01. The highest BCUT2D eigenvalue weighted by atomic mass is 15.1. The van der Waals surface area contributed by atoms with Crippen LogP contribution >= 0.6 is 0 Å². The second-order valence-electron chi connectivity index (χ2n) is 6.82. The molecule has 0 atom stereocenters. The Bertz CT molecular complexity index is 1110. The fourth-order valence-electron chi connectivity index (χ4n) is 2.88. The molecule has 0 radical (unpaired) electrons. The minimum Gasteiger partial charge on any atom is -0.373 e. The van der Waals surface area contributed by atoms with E-state index >= 15 is 0 Å². The highest BCUT2D eigenvalue weighted by molar-refractivity contribution is 5.87. The zero-order valence-electron chi connectivity index (χ0n) is 17.3. The molecule has 1 N–H and O–H groups in total. The van der Waals surface area contributed by atoms with Crippen LogP contribution in [0.15, 0.2) is 67.9 Å². The molecule has 0 saturated carbocycles. The van der Waals surface area contributed by atoms with Crippen molar-refractivity contribution >= 4 is 28.5 Å². The Morgan fingerprint density at radius 3 is 2.52 bits per heavy atom. The molecule has 148 valence electrons. The molecular formula is C23H26N6. The van der Waals surface area contributed by atoms with Crippen molar-refractivity contribution in [3.63, 3.8) is 0 Å². The molecule has 6 heteroatoms. The van der Waals surface area contributed by atoms with E-state index in [4.69, 9.17) is 0 Å². The van der Waals surface area contributed by atoms with E-state index < -0.39 is 0 Å². The first-order valence-corrected chi connectivity index (χ1v) is 9.32. The molecule has 4 rings (SSSR count). The highest BCUT2D eigenvalue weighted by Gasteiger charge is 2.04. The summed E-state index contributed by atoms with van der Waals surface area (Å²) in [5.74, 6) is 1.84. The van der Waals surface area contributed by atoms with Crippen molar-refractivity contribution in [1.29, 1.82) is 0 Å². The zero-order valence-corrected chi connectivity index (χ0v) is 17.3. The van der Waals surface area contributed by atoms with Crippen LogP contribution in [-0.4, -0.2) is 40.7 Å². The Kier molecular flexibility index (Phi) is 6.24. The summed E-state index contributed by atoms with van der Waals surface area (Å²) in [5.41, 5.74) is 3.37. The predicted octanol–water partition coefficient (Wildman–Crippen LogP) is 4.47. The number of anilines is 2. The van der Waals surface area contributed by atoms with E-state index in [2.05, 4.69) is 51.1 Å². The summed E-state index contributed by atoms with van der Waals surface area (Å²) in [6.07, 6.45) is 9.17. The fourth-order valence-corrected chi connectivity index (χ4v) is 2.88. The van der Waals surface area contributed by atoms with Crippen molar-refractivity contribution in [1.82, 2.24) is 19.5 Å². The summed E-state index contributed by atoms with van der Waals surface area (Å²) in [7, 11) is 7.81. The van der Waals surface area contributed by atoms with Crippen molar-refractivity contribution in [2.24, 2.45) is 7.05 Å². The molecule has 0 unspecified atom stereocenters. The lowest BCUT2D eigenvalue weighted by Crippen LogP contribution is -2.10. The molecule has 0 aliphatic carbocycles. The monoisotopic (exact) mass is 386 g/mol. The molecule has 6 nitrogen and oxygen atoms in total. The quantitative estimate of drug-likeness (QED) is 0.561. The average Bonchev–Trinajstić information content (AvgIpc) is 3.19. The maximum Gasteiger partial charge on any atom is 0.128 e. The van der Waals surface area contributed by atoms with E-state index in [1.54, 1.807) is 6.20 Å². The minimum absolute atomic E-state index is 0.879. The zero-order chi connectivity index (χ0) is 20.8. The molecular weight excluding hydrogens is 360 g/mol. The van der Waals surface area contributed by atoms with Gasteiger partial charge < -0.3 is 14.8 Å². The molecule has 3 heterocycles. The summed E-state index contributed by atoms with van der Waals surface area (Å²) in [6, 6.07) is 12.3. The standard InChI is InChI=1S/C14H14N4.C9H12N2/c1-15-14-6-12-5-10(3-4-11(12)7-17-14)13-8-16-9-18(13)2;1-4-8-5-6-10-9(7-8)11(2)3/h3-9H,1-2H3,(H,15,17);4-7H,1H2,2-3H3. The summed E-state index contributed by atoms with van der Waals surface area (Å²) in [4.78, 5) is 14.6. The second-order valence-corrected chi connectivity index (χ2v) is 6.82. The van der Waals surface area contributed by atoms with Gasteiger partial charge in [0.1, 0.15) is 11.6 Å². The van der Waals surface area contributed by atoms with Crippen molar-refractivity contribution in [2.75, 3.05) is 31.4 Å². The van der Waals surface area contributed by atoms with Gasteiger partial charge in [-0.15, -0.1) is 0 Å². The van der Waals surface area contributed by atoms with Gasteiger partial charge in [0, 0.05) is 51.5 Å². The third-order valence-corrected chi connectivity index (χ3v) is 4.55. The van der Waals surface area contributed by atoms with Crippen molar-refractivity contribution in [2.45, 2.75) is 0 Å². The summed E-state index contributed by atoms with van der Waals surface area (Å²) in [6.45, 7) is 3.69. The number of hydrogen-bond acceptors (Lipinski definition) is 5. The maximum absolute atomic E-state index is 4.31. The molecule has 0 spiro atoms. The van der Waals surface area contributed by atoms with Crippen LogP contribution in [0.2, 0.25) is 0 Å². The Labute approximate surface area is 171 Å². The van der Waals surface area contributed by atoms with E-state index in [1.807, 2.05) is 74.6 Å². The molecule has 0 amide bonds. The van der Waals surface area contributed by atoms with Gasteiger partial charge in [-0.25, -0.2) is 15.0 Å². The summed E-state index contributed by atoms with van der Waals surface area (Å²) in [5, 5.41) is 5.37. The maximum atomic E-state index is 4.31. The van der Waals surface area contributed by atoms with Crippen LogP contribution in [0.5, 0.6) is 0 Å². The Morgan fingerprint density at radius 1 is 1.03 bits per heavy atom. The van der Waals surface area contributed by atoms with Gasteiger partial charge in [0.15, 0.2) is 0 Å². The van der Waals surface area contributed by atoms with Gasteiger partial charge in [0.2, 0.25) is 0 Å². The number of benzene rings is 1. The Balaban J connectivity index is 0.000000188. The molecule has 0 saturated heterocycles. The highest BCUT2D eigenvalue weighted by Crippen LogP contribution is 2.24. The van der Waals surface area contributed by atoms with E-state index in [1.165, 1.54) is 5.39 Å². The molecule has 3 aromatic heterocycles. The number of pyridine rings is 2. The number of hydrogen-bond donors (Lipinski definition) is 1. The molecule has 0 aliphatic heterocycles. The van der Waals surface area contributed by atoms with Crippen molar-refractivity contribution in [3.05, 3.63) is 73.5 Å². The number of nitrogens with one attached hydrogen (secondary N) is 1. The van der Waals surface area contributed by atoms with Gasteiger partial charge >= 0.3 is 0 Å². The van der Waals surface area contributed by atoms with Crippen molar-refractivity contribution in [3.8, 4) is 11.3 Å². The smallest absolute Gasteiger partial charge is 0.128 e. The van der Waals surface area contributed by atoms with Gasteiger partial charge in [-0.1, -0.05) is 24.8 Å². The Hall–Kier alpha value is -3.67. The average molecular weight is 387 g/mol. The third kappa shape index (κ3) is 4.79. The van der Waals surface area contributed by atoms with Gasteiger partial charge in [-0.05, 0) is 35.2 Å². The Morgan fingerprint density at radius 2 is 1.86 bits per heavy atom. The predicted molar refractivity (Wildman–Crippen MR) is 122 cm³/mol. The SMILES string of the molecule is C=Cc1ccnc(N(C)C)c1.CNc1cc2cc(-c3cncn3C)ccc2cn1. The van der Waals surface area contributed by atoms with E-state index in [-0.39, 0.29) is 0 Å². The largest absolute Gasteiger partial charge is 0.373 e. The summed E-state index contributed by atoms with van der Waals surface area (Å²) < 4.78 is 2.02.